The van der Waals surface area contributed by atoms with Gasteiger partial charge >= 0.3 is 0 Å². The van der Waals surface area contributed by atoms with Crippen LogP contribution < -0.4 is 0 Å². The van der Waals surface area contributed by atoms with E-state index in [4.69, 9.17) is 4.74 Å². The minimum absolute atomic E-state index is 0.219. The summed E-state index contributed by atoms with van der Waals surface area (Å²) in [6, 6.07) is 54.5. The van der Waals surface area contributed by atoms with Crippen molar-refractivity contribution in [2.75, 3.05) is 7.11 Å². The Balaban J connectivity index is 1.47. The van der Waals surface area contributed by atoms with Crippen molar-refractivity contribution in [3.63, 3.8) is 0 Å². The van der Waals surface area contributed by atoms with E-state index in [1.807, 2.05) is 133 Å². The van der Waals surface area contributed by atoms with Crippen molar-refractivity contribution >= 4 is 27.9 Å². The maximum absolute atomic E-state index is 15.6. The van der Waals surface area contributed by atoms with E-state index in [1.165, 1.54) is 0 Å². The second-order valence-electron chi connectivity index (χ2n) is 12.7. The maximum Gasteiger partial charge on any atom is 0.191 e. The molecule has 48 heavy (non-hydrogen) atoms. The van der Waals surface area contributed by atoms with Crippen molar-refractivity contribution in [3.8, 4) is 0 Å². The Bertz CT molecular complexity index is 2120. The minimum Gasteiger partial charge on any atom is -0.362 e. The summed E-state index contributed by atoms with van der Waals surface area (Å²) in [4.78, 5) is 31.1. The van der Waals surface area contributed by atoms with Crippen molar-refractivity contribution in [1.29, 1.82) is 0 Å². The minimum atomic E-state index is -1.58. The Morgan fingerprint density at radius 2 is 1.00 bits per heavy atom. The second-order valence-corrected chi connectivity index (χ2v) is 12.7. The first-order valence-electron chi connectivity index (χ1n) is 16.4. The van der Waals surface area contributed by atoms with Crippen LogP contribution in [-0.4, -0.2) is 24.3 Å². The second kappa shape index (κ2) is 11.9. The number of carbonyl (C=O) groups excluding carboxylic acids is 2. The number of Topliss-reactive ketones (excluding diaryl/α,β-unsaturated/α-hetero) is 2. The number of rotatable bonds is 8. The normalized spacial score (nSPS) is 20.3. The third-order valence-electron chi connectivity index (χ3n) is 10.2. The summed E-state index contributed by atoms with van der Waals surface area (Å²) in [7, 11) is 1.60. The van der Waals surface area contributed by atoms with Gasteiger partial charge in [-0.1, -0.05) is 164 Å². The lowest BCUT2D eigenvalue weighted by molar-refractivity contribution is -0.145. The van der Waals surface area contributed by atoms with E-state index in [2.05, 4.69) is 42.5 Å². The lowest BCUT2D eigenvalue weighted by atomic mass is 9.59. The third kappa shape index (κ3) is 4.54. The molecule has 2 bridgehead atoms. The molecular formula is C45H34O3. The van der Waals surface area contributed by atoms with Gasteiger partial charge in [0.15, 0.2) is 17.2 Å². The van der Waals surface area contributed by atoms with Gasteiger partial charge < -0.3 is 4.74 Å². The van der Waals surface area contributed by atoms with E-state index < -0.39 is 16.9 Å². The fourth-order valence-corrected chi connectivity index (χ4v) is 8.00. The van der Waals surface area contributed by atoms with Gasteiger partial charge in [-0.05, 0) is 56.3 Å². The van der Waals surface area contributed by atoms with Gasteiger partial charge in [-0.25, -0.2) is 0 Å². The third-order valence-corrected chi connectivity index (χ3v) is 10.2. The average molecular weight is 623 g/mol. The Morgan fingerprint density at radius 1 is 0.521 bits per heavy atom. The molecule has 0 spiro atoms. The van der Waals surface area contributed by atoms with E-state index in [-0.39, 0.29) is 17.5 Å². The van der Waals surface area contributed by atoms with Crippen molar-refractivity contribution in [2.45, 2.75) is 17.4 Å². The standard InChI is InChI=1S/C45H34O3/c1-48-45-29-38(37-27-26-31-16-14-15-25-36(31)28-37)42(46)44(43(45)47,41(34-21-10-4-11-22-34)35-23-12-5-13-24-35)30-39(45)40(32-17-6-2-7-18-32)33-19-8-3-9-20-33/h2-30,40-41H,1H3. The molecule has 3 heteroatoms. The highest BCUT2D eigenvalue weighted by Gasteiger charge is 2.68. The van der Waals surface area contributed by atoms with E-state index >= 15 is 9.59 Å². The highest BCUT2D eigenvalue weighted by atomic mass is 16.5. The Morgan fingerprint density at radius 3 is 1.52 bits per heavy atom. The molecule has 3 nitrogen and oxygen atoms in total. The summed E-state index contributed by atoms with van der Waals surface area (Å²) in [5.74, 6) is -1.41. The van der Waals surface area contributed by atoms with Crippen LogP contribution in [0.5, 0.6) is 0 Å². The first kappa shape index (κ1) is 29.7. The summed E-state index contributed by atoms with van der Waals surface area (Å²) in [5.41, 5.74) is 2.77. The van der Waals surface area contributed by atoms with Crippen LogP contribution in [0, 0.1) is 5.41 Å². The molecule has 2 aliphatic rings. The summed E-state index contributed by atoms with van der Waals surface area (Å²) in [6.45, 7) is 0. The first-order chi connectivity index (χ1) is 23.6. The Hall–Kier alpha value is -5.64. The molecule has 0 aromatic heterocycles. The maximum atomic E-state index is 15.6. The van der Waals surface area contributed by atoms with Gasteiger partial charge in [0.1, 0.15) is 5.41 Å². The van der Waals surface area contributed by atoms with Crippen LogP contribution in [-0.2, 0) is 14.3 Å². The smallest absolute Gasteiger partial charge is 0.191 e. The van der Waals surface area contributed by atoms with Gasteiger partial charge in [0.25, 0.3) is 0 Å². The molecule has 0 saturated heterocycles. The van der Waals surface area contributed by atoms with Crippen molar-refractivity contribution in [3.05, 3.63) is 209 Å². The molecule has 6 aromatic carbocycles. The quantitative estimate of drug-likeness (QED) is 0.126. The zero-order valence-electron chi connectivity index (χ0n) is 26.6. The van der Waals surface area contributed by atoms with Crippen molar-refractivity contribution < 1.29 is 14.3 Å². The van der Waals surface area contributed by atoms with E-state index in [1.54, 1.807) is 7.11 Å². The fraction of sp³-hybridized carbons (Fsp3) is 0.111. The van der Waals surface area contributed by atoms with Crippen LogP contribution in [0.15, 0.2) is 182 Å². The van der Waals surface area contributed by atoms with E-state index in [0.29, 0.717) is 5.57 Å². The fourth-order valence-electron chi connectivity index (χ4n) is 8.00. The molecular weight excluding hydrogens is 588 g/mol. The highest BCUT2D eigenvalue weighted by molar-refractivity contribution is 6.38. The van der Waals surface area contributed by atoms with Gasteiger partial charge in [0, 0.05) is 24.5 Å². The number of allylic oxidation sites excluding steroid dienone is 2. The van der Waals surface area contributed by atoms with E-state index in [0.717, 1.165) is 44.2 Å². The molecule has 0 radical (unpaired) electrons. The van der Waals surface area contributed by atoms with Gasteiger partial charge in [-0.3, -0.25) is 9.59 Å². The summed E-state index contributed by atoms with van der Waals surface area (Å²) >= 11 is 0. The number of carbonyl (C=O) groups is 2. The highest BCUT2D eigenvalue weighted by Crippen LogP contribution is 2.61. The largest absolute Gasteiger partial charge is 0.362 e. The van der Waals surface area contributed by atoms with Gasteiger partial charge in [0.05, 0.1) is 0 Å². The predicted molar refractivity (Wildman–Crippen MR) is 192 cm³/mol. The molecule has 2 atom stereocenters. The predicted octanol–water partition coefficient (Wildman–Crippen LogP) is 9.35. The molecule has 6 aromatic rings. The molecule has 0 N–H and O–H groups in total. The van der Waals surface area contributed by atoms with Crippen LogP contribution in [0.4, 0.5) is 0 Å². The van der Waals surface area contributed by atoms with Crippen LogP contribution in [0.2, 0.25) is 0 Å². The van der Waals surface area contributed by atoms with Crippen LogP contribution >= 0.6 is 0 Å². The molecule has 0 aliphatic heterocycles. The number of hydrogen-bond donors (Lipinski definition) is 0. The van der Waals surface area contributed by atoms with Crippen molar-refractivity contribution in [1.82, 2.24) is 0 Å². The molecule has 0 amide bonds. The van der Waals surface area contributed by atoms with Gasteiger partial charge in [0.2, 0.25) is 0 Å². The summed E-state index contributed by atoms with van der Waals surface area (Å²) in [6.07, 6.45) is 3.80. The topological polar surface area (TPSA) is 43.4 Å². The number of fused-ring (bicyclic) bond motifs is 3. The molecule has 2 unspecified atom stereocenters. The average Bonchev–Trinajstić information content (AvgIpc) is 3.32. The molecule has 0 fully saturated rings. The zero-order valence-corrected chi connectivity index (χ0v) is 26.6. The zero-order chi connectivity index (χ0) is 32.7. The summed E-state index contributed by atoms with van der Waals surface area (Å²) < 4.78 is 6.51. The SMILES string of the molecule is COC12C=C(c3ccc4ccccc4c3)C(=O)C(C(c3ccccc3)c3ccccc3)(C=C1C(c1ccccc1)c1ccccc1)C2=O. The number of hydrogen-bond acceptors (Lipinski definition) is 3. The Kier molecular flexibility index (Phi) is 7.35. The first-order valence-corrected chi connectivity index (χ1v) is 16.4. The van der Waals surface area contributed by atoms with Crippen LogP contribution in [0.3, 0.4) is 0 Å². The van der Waals surface area contributed by atoms with E-state index in [9.17, 15) is 0 Å². The van der Waals surface area contributed by atoms with Crippen LogP contribution in [0.1, 0.15) is 39.7 Å². The molecule has 0 heterocycles. The summed E-state index contributed by atoms with van der Waals surface area (Å²) in [5, 5.41) is 2.11. The Labute approximate surface area is 280 Å². The van der Waals surface area contributed by atoms with Crippen molar-refractivity contribution in [2.24, 2.45) is 5.41 Å². The molecule has 232 valence electrons. The lowest BCUT2D eigenvalue weighted by Crippen LogP contribution is -2.54. The monoisotopic (exact) mass is 622 g/mol. The molecule has 2 aliphatic carbocycles. The number of methoxy groups -OCH3 is 1. The number of benzene rings is 6. The van der Waals surface area contributed by atoms with Crippen LogP contribution in [0.25, 0.3) is 16.3 Å². The van der Waals surface area contributed by atoms with Gasteiger partial charge in [-0.15, -0.1) is 0 Å². The number of ketones is 2. The van der Waals surface area contributed by atoms with Gasteiger partial charge in [-0.2, -0.15) is 0 Å². The molecule has 0 saturated carbocycles. The number of ether oxygens (including phenoxy) is 1. The molecule has 8 rings (SSSR count). The lowest BCUT2D eigenvalue weighted by Gasteiger charge is -2.41.